The molecule has 0 aliphatic carbocycles. The number of aryl methyl sites for hydroxylation is 2. The maximum Gasteiger partial charge on any atom is 0.309 e. The van der Waals surface area contributed by atoms with Crippen molar-refractivity contribution in [3.05, 3.63) is 54.4 Å². The van der Waals surface area contributed by atoms with Crippen molar-refractivity contribution in [2.75, 3.05) is 0 Å². The molecule has 0 bridgehead atoms. The molecule has 0 radical (unpaired) electrons. The number of carboxylic acid groups (broad SMARTS) is 2. The minimum absolute atomic E-state index is 0.0534. The van der Waals surface area contributed by atoms with E-state index in [2.05, 4.69) is 20.4 Å². The molecule has 0 spiro atoms. The monoisotopic (exact) mass is 385 g/mol. The second-order valence-electron chi connectivity index (χ2n) is 5.82. The summed E-state index contributed by atoms with van der Waals surface area (Å²) in [5.41, 5.74) is 0.611. The lowest BCUT2D eigenvalue weighted by Gasteiger charge is -2.02. The van der Waals surface area contributed by atoms with Crippen molar-refractivity contribution in [1.82, 2.24) is 4.57 Å². The number of rotatable bonds is 8. The Kier molecular flexibility index (Phi) is 7.70. The molecule has 0 aromatic carbocycles. The van der Waals surface area contributed by atoms with E-state index in [-0.39, 0.29) is 12.8 Å². The van der Waals surface area contributed by atoms with E-state index in [0.29, 0.717) is 30.0 Å². The van der Waals surface area contributed by atoms with Crippen LogP contribution in [0.15, 0.2) is 69.5 Å². The molecule has 28 heavy (non-hydrogen) atoms. The Morgan fingerprint density at radius 2 is 1.68 bits per heavy atom. The van der Waals surface area contributed by atoms with Crippen molar-refractivity contribution < 1.29 is 24.4 Å². The average Bonchev–Trinajstić information content (AvgIpc) is 2.69. The SMILES string of the molecule is CC(N=Nc1cc[n+](CCC(=O)O)cc1)=NN=c1ccn(CCC(=O)O)cc1. The third kappa shape index (κ3) is 7.68. The predicted octanol–water partition coefficient (Wildman–Crippen LogP) is 1.74. The zero-order valence-corrected chi connectivity index (χ0v) is 15.3. The van der Waals surface area contributed by atoms with Crippen molar-refractivity contribution >= 4 is 23.5 Å². The van der Waals surface area contributed by atoms with Gasteiger partial charge in [0.1, 0.15) is 6.42 Å². The molecule has 2 aromatic heterocycles. The van der Waals surface area contributed by atoms with E-state index in [4.69, 9.17) is 10.2 Å². The number of carbonyl (C=O) groups is 2. The Morgan fingerprint density at radius 3 is 2.29 bits per heavy atom. The predicted molar refractivity (Wildman–Crippen MR) is 98.8 cm³/mol. The number of azo groups is 1. The molecule has 0 aliphatic heterocycles. The minimum atomic E-state index is -0.847. The summed E-state index contributed by atoms with van der Waals surface area (Å²) < 4.78 is 3.50. The van der Waals surface area contributed by atoms with Crippen molar-refractivity contribution in [1.29, 1.82) is 0 Å². The maximum atomic E-state index is 10.6. The highest BCUT2D eigenvalue weighted by atomic mass is 16.4. The van der Waals surface area contributed by atoms with Gasteiger partial charge in [0.05, 0.1) is 17.5 Å². The molecule has 0 amide bonds. The highest BCUT2D eigenvalue weighted by Crippen LogP contribution is 2.08. The van der Waals surface area contributed by atoms with E-state index in [9.17, 15) is 9.59 Å². The number of carboxylic acids is 2. The van der Waals surface area contributed by atoms with Crippen LogP contribution in [0.3, 0.4) is 0 Å². The highest BCUT2D eigenvalue weighted by Gasteiger charge is 2.04. The van der Waals surface area contributed by atoms with Gasteiger partial charge < -0.3 is 14.8 Å². The van der Waals surface area contributed by atoms with Crippen LogP contribution >= 0.6 is 0 Å². The van der Waals surface area contributed by atoms with Gasteiger partial charge in [-0.2, -0.15) is 0 Å². The van der Waals surface area contributed by atoms with Crippen LogP contribution < -0.4 is 9.92 Å². The Bertz CT molecular complexity index is 927. The topological polar surface area (TPSA) is 133 Å². The molecule has 10 heteroatoms. The number of hydrogen-bond donors (Lipinski definition) is 2. The molecule has 2 aromatic rings. The fraction of sp³-hybridized carbons (Fsp3) is 0.278. The summed E-state index contributed by atoms with van der Waals surface area (Å²) in [6.07, 6.45) is 7.04. The lowest BCUT2D eigenvalue weighted by molar-refractivity contribution is -0.695. The van der Waals surface area contributed by atoms with Crippen LogP contribution in [0, 0.1) is 0 Å². The first-order valence-electron chi connectivity index (χ1n) is 8.51. The Morgan fingerprint density at radius 1 is 1.04 bits per heavy atom. The van der Waals surface area contributed by atoms with Crippen molar-refractivity contribution in [2.24, 2.45) is 20.4 Å². The van der Waals surface area contributed by atoms with E-state index < -0.39 is 11.9 Å². The van der Waals surface area contributed by atoms with E-state index in [1.165, 1.54) is 0 Å². The van der Waals surface area contributed by atoms with E-state index in [1.54, 1.807) is 65.1 Å². The molecule has 146 valence electrons. The van der Waals surface area contributed by atoms with Gasteiger partial charge in [-0.25, -0.2) is 4.57 Å². The Labute approximate surface area is 160 Å². The van der Waals surface area contributed by atoms with Crippen LogP contribution in [0.4, 0.5) is 5.69 Å². The quantitative estimate of drug-likeness (QED) is 0.235. The first kappa shape index (κ1) is 20.6. The van der Waals surface area contributed by atoms with E-state index in [0.717, 1.165) is 0 Å². The standard InChI is InChI=1S/C18H20N6O4/c1-14(19-21-15-2-8-23(9-3-15)12-6-17(25)26)20-22-16-4-10-24(11-5-16)13-7-18(27)28/h2-5,8-11H,6-7,12-13H2,1H3,(H-,25,26,27,28)/p+1. The summed E-state index contributed by atoms with van der Waals surface area (Å²) >= 11 is 0. The van der Waals surface area contributed by atoms with Gasteiger partial charge in [-0.3, -0.25) is 9.59 Å². The zero-order valence-electron chi connectivity index (χ0n) is 15.3. The molecule has 0 fully saturated rings. The lowest BCUT2D eigenvalue weighted by Crippen LogP contribution is -2.33. The number of nitrogens with zero attached hydrogens (tertiary/aromatic N) is 6. The molecule has 0 unspecified atom stereocenters. The molecule has 0 atom stereocenters. The smallest absolute Gasteiger partial charge is 0.309 e. The summed E-state index contributed by atoms with van der Waals surface area (Å²) in [6.45, 7) is 2.44. The Hall–Kier alpha value is -3.69. The highest BCUT2D eigenvalue weighted by molar-refractivity contribution is 5.79. The average molecular weight is 385 g/mol. The summed E-state index contributed by atoms with van der Waals surface area (Å²) in [5, 5.41) is 34.0. The molecule has 2 rings (SSSR count). The van der Waals surface area contributed by atoms with Gasteiger partial charge in [0.2, 0.25) is 0 Å². The normalized spacial score (nSPS) is 11.5. The van der Waals surface area contributed by atoms with Crippen LogP contribution in [0.1, 0.15) is 19.8 Å². The molecule has 0 aliphatic rings. The van der Waals surface area contributed by atoms with Crippen molar-refractivity contribution in [3.63, 3.8) is 0 Å². The van der Waals surface area contributed by atoms with Gasteiger partial charge >= 0.3 is 11.9 Å². The molecule has 2 heterocycles. The summed E-state index contributed by atoms with van der Waals surface area (Å²) in [6, 6.07) is 6.90. The number of aromatic nitrogens is 2. The van der Waals surface area contributed by atoms with Crippen LogP contribution in [0.5, 0.6) is 0 Å². The van der Waals surface area contributed by atoms with Crippen LogP contribution in [0.25, 0.3) is 0 Å². The third-order valence-corrected chi connectivity index (χ3v) is 3.54. The fourth-order valence-electron chi connectivity index (χ4n) is 2.06. The molecular weight excluding hydrogens is 364 g/mol. The number of hydrogen-bond acceptors (Lipinski definition) is 5. The van der Waals surface area contributed by atoms with Crippen LogP contribution in [-0.4, -0.2) is 32.6 Å². The second kappa shape index (κ2) is 10.5. The zero-order chi connectivity index (χ0) is 20.4. The van der Waals surface area contributed by atoms with Gasteiger partial charge in [-0.05, 0) is 19.1 Å². The van der Waals surface area contributed by atoms with E-state index in [1.807, 2.05) is 0 Å². The fourth-order valence-corrected chi connectivity index (χ4v) is 2.06. The van der Waals surface area contributed by atoms with Gasteiger partial charge in [-0.15, -0.1) is 20.4 Å². The molecule has 10 nitrogen and oxygen atoms in total. The van der Waals surface area contributed by atoms with Gasteiger partial charge in [0.25, 0.3) is 0 Å². The Balaban J connectivity index is 1.94. The molecular formula is C18H21N6O4+. The van der Waals surface area contributed by atoms with Crippen LogP contribution in [-0.2, 0) is 22.7 Å². The molecule has 0 saturated carbocycles. The maximum absolute atomic E-state index is 10.6. The summed E-state index contributed by atoms with van der Waals surface area (Å²) in [5.74, 6) is -1.33. The minimum Gasteiger partial charge on any atom is -0.481 e. The van der Waals surface area contributed by atoms with Gasteiger partial charge in [0.15, 0.2) is 24.8 Å². The van der Waals surface area contributed by atoms with Crippen molar-refractivity contribution in [3.8, 4) is 0 Å². The number of aliphatic carboxylic acids is 2. The van der Waals surface area contributed by atoms with E-state index >= 15 is 0 Å². The third-order valence-electron chi connectivity index (χ3n) is 3.54. The first-order chi connectivity index (χ1) is 13.4. The lowest BCUT2D eigenvalue weighted by atomic mass is 10.4. The second-order valence-corrected chi connectivity index (χ2v) is 5.82. The van der Waals surface area contributed by atoms with Gasteiger partial charge in [0, 0.05) is 31.1 Å². The first-order valence-corrected chi connectivity index (χ1v) is 8.51. The largest absolute Gasteiger partial charge is 0.481 e. The number of pyridine rings is 2. The number of amidine groups is 1. The summed E-state index contributed by atoms with van der Waals surface area (Å²) in [7, 11) is 0. The summed E-state index contributed by atoms with van der Waals surface area (Å²) in [4.78, 5) is 21.1. The van der Waals surface area contributed by atoms with Crippen molar-refractivity contribution in [2.45, 2.75) is 32.9 Å². The van der Waals surface area contributed by atoms with Gasteiger partial charge in [-0.1, -0.05) is 0 Å². The molecule has 0 saturated heterocycles. The van der Waals surface area contributed by atoms with Crippen LogP contribution in [0.2, 0.25) is 0 Å². The molecule has 2 N–H and O–H groups in total.